The number of hydrogen-bond donors (Lipinski definition) is 1. The van der Waals surface area contributed by atoms with Gasteiger partial charge in [-0.05, 0) is 37.7 Å². The van der Waals surface area contributed by atoms with Crippen LogP contribution in [-0.2, 0) is 13.1 Å². The Hall–Kier alpha value is -2.90. The van der Waals surface area contributed by atoms with Crippen LogP contribution < -0.4 is 15.6 Å². The molecule has 0 radical (unpaired) electrons. The first-order valence-corrected chi connectivity index (χ1v) is 11.1. The van der Waals surface area contributed by atoms with Gasteiger partial charge in [-0.15, -0.1) is 0 Å². The molecule has 1 fully saturated rings. The fraction of sp³-hybridized carbons (Fsp3) is 0.333. The maximum Gasteiger partial charge on any atom is 0.257 e. The fourth-order valence-corrected chi connectivity index (χ4v) is 4.23. The molecule has 1 amide bonds. The molecule has 0 atom stereocenters. The van der Waals surface area contributed by atoms with E-state index in [1.54, 1.807) is 18.3 Å². The number of rotatable bonds is 5. The number of pyridine rings is 1. The summed E-state index contributed by atoms with van der Waals surface area (Å²) in [5.41, 5.74) is 1.36. The van der Waals surface area contributed by atoms with Gasteiger partial charge in [0, 0.05) is 55.9 Å². The van der Waals surface area contributed by atoms with Crippen molar-refractivity contribution in [2.75, 3.05) is 38.1 Å². The molecule has 1 N–H and O–H groups in total. The molecular formula is C24H26ClFN4O2. The van der Waals surface area contributed by atoms with E-state index in [0.717, 1.165) is 31.7 Å². The second kappa shape index (κ2) is 9.30. The number of carbonyl (C=O) groups excluding carboxylic acids is 1. The summed E-state index contributed by atoms with van der Waals surface area (Å²) in [5, 5.41) is 3.49. The van der Waals surface area contributed by atoms with Crippen molar-refractivity contribution in [1.29, 1.82) is 0 Å². The van der Waals surface area contributed by atoms with Crippen molar-refractivity contribution in [2.45, 2.75) is 20.0 Å². The lowest BCUT2D eigenvalue weighted by molar-refractivity contribution is 0.0949. The van der Waals surface area contributed by atoms with Crippen molar-refractivity contribution >= 4 is 34.1 Å². The van der Waals surface area contributed by atoms with Gasteiger partial charge in [0.25, 0.3) is 5.91 Å². The fourth-order valence-electron chi connectivity index (χ4n) is 4.02. The van der Waals surface area contributed by atoms with Crippen LogP contribution >= 0.6 is 11.6 Å². The first-order valence-electron chi connectivity index (χ1n) is 10.7. The minimum Gasteiger partial charge on any atom is -0.367 e. The molecule has 0 bridgehead atoms. The van der Waals surface area contributed by atoms with Crippen molar-refractivity contribution in [3.05, 3.63) is 74.8 Å². The van der Waals surface area contributed by atoms with Gasteiger partial charge in [0.2, 0.25) is 5.43 Å². The third-order valence-electron chi connectivity index (χ3n) is 5.98. The Labute approximate surface area is 191 Å². The predicted octanol–water partition coefficient (Wildman–Crippen LogP) is 3.50. The highest BCUT2D eigenvalue weighted by Gasteiger charge is 2.21. The van der Waals surface area contributed by atoms with Gasteiger partial charge < -0.3 is 19.7 Å². The minimum absolute atomic E-state index is 0.0156. The van der Waals surface area contributed by atoms with Gasteiger partial charge in [0.1, 0.15) is 11.4 Å². The number of piperazine rings is 1. The van der Waals surface area contributed by atoms with Gasteiger partial charge in [0.15, 0.2) is 0 Å². The molecule has 0 aliphatic carbocycles. The Morgan fingerprint density at radius 3 is 2.56 bits per heavy atom. The number of benzene rings is 2. The Bertz CT molecular complexity index is 1220. The highest BCUT2D eigenvalue weighted by molar-refractivity contribution is 6.31. The van der Waals surface area contributed by atoms with Gasteiger partial charge in [-0.3, -0.25) is 9.59 Å². The number of carbonyl (C=O) groups is 1. The molecule has 1 aromatic heterocycles. The molecular weight excluding hydrogens is 431 g/mol. The molecule has 2 heterocycles. The Morgan fingerprint density at radius 2 is 1.88 bits per heavy atom. The monoisotopic (exact) mass is 456 g/mol. The third kappa shape index (κ3) is 4.36. The van der Waals surface area contributed by atoms with E-state index in [2.05, 4.69) is 10.2 Å². The second-order valence-electron chi connectivity index (χ2n) is 8.04. The Balaban J connectivity index is 1.68. The van der Waals surface area contributed by atoms with E-state index in [1.165, 1.54) is 6.07 Å². The standard InChI is InChI=1S/C24H26ClFN4O2/c1-3-29-15-18(24(32)27-14-16-6-4-5-7-19(16)25)23(31)17-12-20(26)22(13-21(17)29)30-10-8-28(2)9-11-30/h4-7,12-13,15H,3,8-11,14H2,1-2H3,(H,27,32). The van der Waals surface area contributed by atoms with Gasteiger partial charge in [-0.25, -0.2) is 4.39 Å². The van der Waals surface area contributed by atoms with Crippen LogP contribution in [0.1, 0.15) is 22.8 Å². The highest BCUT2D eigenvalue weighted by atomic mass is 35.5. The van der Waals surface area contributed by atoms with Gasteiger partial charge in [-0.1, -0.05) is 29.8 Å². The summed E-state index contributed by atoms with van der Waals surface area (Å²) in [6, 6.07) is 10.2. The Morgan fingerprint density at radius 1 is 1.16 bits per heavy atom. The summed E-state index contributed by atoms with van der Waals surface area (Å²) in [5.74, 6) is -0.960. The lowest BCUT2D eigenvalue weighted by atomic mass is 10.1. The quantitative estimate of drug-likeness (QED) is 0.638. The SMILES string of the molecule is CCn1cc(C(=O)NCc2ccccc2Cl)c(=O)c2cc(F)c(N3CCN(C)CC3)cc21. The normalized spacial score (nSPS) is 14.7. The molecule has 8 heteroatoms. The summed E-state index contributed by atoms with van der Waals surface area (Å²) in [6.07, 6.45) is 1.55. The van der Waals surface area contributed by atoms with Crippen LogP contribution in [0.2, 0.25) is 5.02 Å². The number of nitrogens with zero attached hydrogens (tertiary/aromatic N) is 3. The van der Waals surface area contributed by atoms with Gasteiger partial charge in [-0.2, -0.15) is 0 Å². The third-order valence-corrected chi connectivity index (χ3v) is 6.34. The average Bonchev–Trinajstić information content (AvgIpc) is 2.79. The van der Waals surface area contributed by atoms with E-state index < -0.39 is 17.2 Å². The molecule has 1 aliphatic heterocycles. The molecule has 3 aromatic rings. The summed E-state index contributed by atoms with van der Waals surface area (Å²) >= 11 is 6.15. The van der Waals surface area contributed by atoms with Crippen LogP contribution in [0, 0.1) is 5.82 Å². The number of amides is 1. The molecule has 1 aliphatic rings. The Kier molecular flexibility index (Phi) is 6.48. The first-order chi connectivity index (χ1) is 15.4. The van der Waals surface area contributed by atoms with Crippen molar-refractivity contribution in [1.82, 2.24) is 14.8 Å². The van der Waals surface area contributed by atoms with Gasteiger partial charge >= 0.3 is 0 Å². The number of anilines is 1. The summed E-state index contributed by atoms with van der Waals surface area (Å²) in [7, 11) is 2.04. The average molecular weight is 457 g/mol. The van der Waals surface area contributed by atoms with Crippen LogP contribution in [0.15, 0.2) is 47.4 Å². The van der Waals surface area contributed by atoms with Crippen molar-refractivity contribution in [3.8, 4) is 0 Å². The van der Waals surface area contributed by atoms with Crippen molar-refractivity contribution in [2.24, 2.45) is 0 Å². The molecule has 4 rings (SSSR count). The van der Waals surface area contributed by atoms with Crippen molar-refractivity contribution < 1.29 is 9.18 Å². The largest absolute Gasteiger partial charge is 0.367 e. The van der Waals surface area contributed by atoms with E-state index in [9.17, 15) is 9.59 Å². The maximum absolute atomic E-state index is 15.0. The molecule has 6 nitrogen and oxygen atoms in total. The second-order valence-corrected chi connectivity index (χ2v) is 8.45. The van der Waals surface area contributed by atoms with Crippen LogP contribution in [0.4, 0.5) is 10.1 Å². The summed E-state index contributed by atoms with van der Waals surface area (Å²) in [6.45, 7) is 5.79. The zero-order valence-corrected chi connectivity index (χ0v) is 19.0. The number of halogens is 2. The molecule has 0 unspecified atom stereocenters. The summed E-state index contributed by atoms with van der Waals surface area (Å²) < 4.78 is 16.9. The smallest absolute Gasteiger partial charge is 0.257 e. The number of nitrogens with one attached hydrogen (secondary N) is 1. The van der Waals surface area contributed by atoms with Crippen LogP contribution in [0.25, 0.3) is 10.9 Å². The van der Waals surface area contributed by atoms with E-state index in [1.807, 2.05) is 41.6 Å². The van der Waals surface area contributed by atoms with E-state index in [0.29, 0.717) is 22.8 Å². The maximum atomic E-state index is 15.0. The zero-order chi connectivity index (χ0) is 22.8. The van der Waals surface area contributed by atoms with Crippen LogP contribution in [-0.4, -0.2) is 48.6 Å². The number of fused-ring (bicyclic) bond motifs is 1. The van der Waals surface area contributed by atoms with Crippen molar-refractivity contribution in [3.63, 3.8) is 0 Å². The molecule has 168 valence electrons. The van der Waals surface area contributed by atoms with Gasteiger partial charge in [0.05, 0.1) is 11.2 Å². The highest BCUT2D eigenvalue weighted by Crippen LogP contribution is 2.26. The lowest BCUT2D eigenvalue weighted by Crippen LogP contribution is -2.44. The number of likely N-dealkylation sites (N-methyl/N-ethyl adjacent to an activating group) is 1. The zero-order valence-electron chi connectivity index (χ0n) is 18.2. The molecule has 0 saturated carbocycles. The molecule has 2 aromatic carbocycles. The summed E-state index contributed by atoms with van der Waals surface area (Å²) in [4.78, 5) is 30.1. The topological polar surface area (TPSA) is 57.6 Å². The number of hydrogen-bond acceptors (Lipinski definition) is 4. The van der Waals surface area contributed by atoms with E-state index in [-0.39, 0.29) is 17.5 Å². The predicted molar refractivity (Wildman–Crippen MR) is 126 cm³/mol. The minimum atomic E-state index is -0.512. The van der Waals surface area contributed by atoms with Crippen LogP contribution in [0.3, 0.4) is 0 Å². The van der Waals surface area contributed by atoms with E-state index in [4.69, 9.17) is 11.6 Å². The first kappa shape index (κ1) is 22.3. The molecule has 1 saturated heterocycles. The van der Waals surface area contributed by atoms with E-state index >= 15 is 4.39 Å². The number of aryl methyl sites for hydroxylation is 1. The molecule has 32 heavy (non-hydrogen) atoms. The number of aromatic nitrogens is 1. The lowest BCUT2D eigenvalue weighted by Gasteiger charge is -2.34. The molecule has 0 spiro atoms. The van der Waals surface area contributed by atoms with Crippen LogP contribution in [0.5, 0.6) is 0 Å².